The Morgan fingerprint density at radius 1 is 1.00 bits per heavy atom. The number of carbonyl (C=O) groups excluding carboxylic acids is 1. The SMILES string of the molecule is COc1ccc(CCNC(=O)c2occc2COc2ccccc2)cc1OC. The van der Waals surface area contributed by atoms with E-state index >= 15 is 0 Å². The van der Waals surface area contributed by atoms with Crippen molar-refractivity contribution >= 4 is 5.91 Å². The molecule has 1 N–H and O–H groups in total. The van der Waals surface area contributed by atoms with Crippen LogP contribution in [-0.2, 0) is 13.0 Å². The van der Waals surface area contributed by atoms with Crippen molar-refractivity contribution in [3.63, 3.8) is 0 Å². The van der Waals surface area contributed by atoms with E-state index in [0.29, 0.717) is 30.0 Å². The van der Waals surface area contributed by atoms with Crippen molar-refractivity contribution < 1.29 is 23.4 Å². The maximum absolute atomic E-state index is 12.4. The van der Waals surface area contributed by atoms with Crippen molar-refractivity contribution in [3.8, 4) is 17.2 Å². The lowest BCUT2D eigenvalue weighted by molar-refractivity contribution is 0.0923. The first-order chi connectivity index (χ1) is 13.7. The molecule has 0 saturated carbocycles. The van der Waals surface area contributed by atoms with Gasteiger partial charge in [0.05, 0.1) is 20.5 Å². The van der Waals surface area contributed by atoms with E-state index in [1.165, 1.54) is 6.26 Å². The van der Waals surface area contributed by atoms with Crippen LogP contribution in [0.3, 0.4) is 0 Å². The predicted octanol–water partition coefficient (Wildman–Crippen LogP) is 3.85. The first-order valence-electron chi connectivity index (χ1n) is 8.94. The molecule has 6 nitrogen and oxygen atoms in total. The molecule has 28 heavy (non-hydrogen) atoms. The Bertz CT molecular complexity index is 904. The average molecular weight is 381 g/mol. The number of hydrogen-bond acceptors (Lipinski definition) is 5. The van der Waals surface area contributed by atoms with E-state index in [4.69, 9.17) is 18.6 Å². The van der Waals surface area contributed by atoms with Crippen molar-refractivity contribution in [2.45, 2.75) is 13.0 Å². The summed E-state index contributed by atoms with van der Waals surface area (Å²) in [5, 5.41) is 2.88. The van der Waals surface area contributed by atoms with Gasteiger partial charge in [-0.15, -0.1) is 0 Å². The molecule has 0 spiro atoms. The summed E-state index contributed by atoms with van der Waals surface area (Å²) >= 11 is 0. The van der Waals surface area contributed by atoms with Crippen molar-refractivity contribution in [1.82, 2.24) is 5.32 Å². The van der Waals surface area contributed by atoms with Gasteiger partial charge in [-0.05, 0) is 42.3 Å². The number of furan rings is 1. The molecule has 3 aromatic rings. The van der Waals surface area contributed by atoms with E-state index in [9.17, 15) is 4.79 Å². The summed E-state index contributed by atoms with van der Waals surface area (Å²) in [6, 6.07) is 16.9. The van der Waals surface area contributed by atoms with Gasteiger partial charge in [0.15, 0.2) is 17.3 Å². The fourth-order valence-corrected chi connectivity index (χ4v) is 2.76. The Hall–Kier alpha value is -3.41. The third kappa shape index (κ3) is 4.85. The molecule has 0 unspecified atom stereocenters. The minimum absolute atomic E-state index is 0.263. The van der Waals surface area contributed by atoms with Crippen LogP contribution in [0.15, 0.2) is 65.3 Å². The topological polar surface area (TPSA) is 69.9 Å². The number of nitrogens with one attached hydrogen (secondary N) is 1. The maximum atomic E-state index is 12.4. The number of methoxy groups -OCH3 is 2. The van der Waals surface area contributed by atoms with Gasteiger partial charge in [0.1, 0.15) is 12.4 Å². The summed E-state index contributed by atoms with van der Waals surface area (Å²) in [6.45, 7) is 0.729. The molecule has 0 aliphatic heterocycles. The standard InChI is InChI=1S/C22H23NO5/c1-25-19-9-8-16(14-20(19)26-2)10-12-23-22(24)21-17(11-13-27-21)15-28-18-6-4-3-5-7-18/h3-9,11,13-14H,10,12,15H2,1-2H3,(H,23,24). The van der Waals surface area contributed by atoms with Crippen LogP contribution in [-0.4, -0.2) is 26.7 Å². The monoisotopic (exact) mass is 381 g/mol. The molecule has 3 rings (SSSR count). The van der Waals surface area contributed by atoms with Crippen molar-refractivity contribution in [1.29, 1.82) is 0 Å². The van der Waals surface area contributed by atoms with Gasteiger partial charge in [-0.25, -0.2) is 0 Å². The number of hydrogen-bond donors (Lipinski definition) is 1. The molecule has 0 aliphatic carbocycles. The van der Waals surface area contributed by atoms with E-state index in [-0.39, 0.29) is 18.3 Å². The van der Waals surface area contributed by atoms with Gasteiger partial charge < -0.3 is 23.9 Å². The summed E-state index contributed by atoms with van der Waals surface area (Å²) in [4.78, 5) is 12.4. The quantitative estimate of drug-likeness (QED) is 0.610. The number of para-hydroxylation sites is 1. The van der Waals surface area contributed by atoms with E-state index in [1.807, 2.05) is 48.5 Å². The second-order valence-electron chi connectivity index (χ2n) is 6.07. The first-order valence-corrected chi connectivity index (χ1v) is 8.94. The average Bonchev–Trinajstić information content (AvgIpc) is 3.21. The van der Waals surface area contributed by atoms with Gasteiger partial charge in [-0.3, -0.25) is 4.79 Å². The van der Waals surface area contributed by atoms with Gasteiger partial charge in [0.25, 0.3) is 5.91 Å². The van der Waals surface area contributed by atoms with Crippen LogP contribution < -0.4 is 19.5 Å². The molecule has 1 heterocycles. The van der Waals surface area contributed by atoms with E-state index in [0.717, 1.165) is 11.3 Å². The normalized spacial score (nSPS) is 10.4. The van der Waals surface area contributed by atoms with Gasteiger partial charge >= 0.3 is 0 Å². The summed E-state index contributed by atoms with van der Waals surface area (Å²) in [7, 11) is 3.19. The van der Waals surface area contributed by atoms with Crippen LogP contribution in [0.2, 0.25) is 0 Å². The summed E-state index contributed by atoms with van der Waals surface area (Å²) in [6.07, 6.45) is 2.15. The number of ether oxygens (including phenoxy) is 3. The molecule has 6 heteroatoms. The third-order valence-corrected chi connectivity index (χ3v) is 4.24. The maximum Gasteiger partial charge on any atom is 0.287 e. The predicted molar refractivity (Wildman–Crippen MR) is 105 cm³/mol. The summed E-state index contributed by atoms with van der Waals surface area (Å²) in [5.74, 6) is 2.08. The Balaban J connectivity index is 1.54. The van der Waals surface area contributed by atoms with Crippen LogP contribution >= 0.6 is 0 Å². The largest absolute Gasteiger partial charge is 0.493 e. The van der Waals surface area contributed by atoms with Crippen molar-refractivity contribution in [2.24, 2.45) is 0 Å². The highest BCUT2D eigenvalue weighted by Crippen LogP contribution is 2.27. The molecule has 0 atom stereocenters. The van der Waals surface area contributed by atoms with Crippen molar-refractivity contribution in [2.75, 3.05) is 20.8 Å². The van der Waals surface area contributed by atoms with Crippen molar-refractivity contribution in [3.05, 3.63) is 77.7 Å². The minimum Gasteiger partial charge on any atom is -0.493 e. The Labute approximate surface area is 164 Å². The molecule has 0 fully saturated rings. The fraction of sp³-hybridized carbons (Fsp3) is 0.227. The molecule has 0 bridgehead atoms. The lowest BCUT2D eigenvalue weighted by Crippen LogP contribution is -2.26. The highest BCUT2D eigenvalue weighted by Gasteiger charge is 2.15. The molecular formula is C22H23NO5. The highest BCUT2D eigenvalue weighted by molar-refractivity contribution is 5.92. The molecule has 146 valence electrons. The zero-order valence-corrected chi connectivity index (χ0v) is 15.9. The Morgan fingerprint density at radius 3 is 2.54 bits per heavy atom. The number of rotatable bonds is 9. The fourth-order valence-electron chi connectivity index (χ4n) is 2.76. The first kappa shape index (κ1) is 19.4. The Morgan fingerprint density at radius 2 is 1.79 bits per heavy atom. The Kier molecular flexibility index (Phi) is 6.57. The minimum atomic E-state index is -0.267. The van der Waals surface area contributed by atoms with Gasteiger partial charge in [-0.2, -0.15) is 0 Å². The third-order valence-electron chi connectivity index (χ3n) is 4.24. The highest BCUT2D eigenvalue weighted by atomic mass is 16.5. The summed E-state index contributed by atoms with van der Waals surface area (Å²) in [5.41, 5.74) is 1.73. The number of carbonyl (C=O) groups is 1. The number of amides is 1. The van der Waals surface area contributed by atoms with Crippen LogP contribution in [0, 0.1) is 0 Å². The van der Waals surface area contributed by atoms with Gasteiger partial charge in [0.2, 0.25) is 0 Å². The smallest absolute Gasteiger partial charge is 0.287 e. The molecule has 1 amide bonds. The molecule has 0 aliphatic rings. The van der Waals surface area contributed by atoms with Gasteiger partial charge in [0, 0.05) is 12.1 Å². The molecular weight excluding hydrogens is 358 g/mol. The number of benzene rings is 2. The molecule has 1 aromatic heterocycles. The molecule has 0 radical (unpaired) electrons. The zero-order valence-electron chi connectivity index (χ0n) is 15.9. The van der Waals surface area contributed by atoms with E-state index in [1.54, 1.807) is 20.3 Å². The zero-order chi connectivity index (χ0) is 19.8. The van der Waals surface area contributed by atoms with Crippen LogP contribution in [0.5, 0.6) is 17.2 Å². The second-order valence-corrected chi connectivity index (χ2v) is 6.07. The molecule has 2 aromatic carbocycles. The van der Waals surface area contributed by atoms with E-state index < -0.39 is 0 Å². The van der Waals surface area contributed by atoms with E-state index in [2.05, 4.69) is 5.32 Å². The second kappa shape index (κ2) is 9.50. The van der Waals surface area contributed by atoms with Gasteiger partial charge in [-0.1, -0.05) is 24.3 Å². The lowest BCUT2D eigenvalue weighted by Gasteiger charge is -2.10. The van der Waals surface area contributed by atoms with Crippen LogP contribution in [0.1, 0.15) is 21.7 Å². The summed E-state index contributed by atoms with van der Waals surface area (Å²) < 4.78 is 21.6. The van der Waals surface area contributed by atoms with Crippen LogP contribution in [0.25, 0.3) is 0 Å². The van der Waals surface area contributed by atoms with Crippen LogP contribution in [0.4, 0.5) is 0 Å². The lowest BCUT2D eigenvalue weighted by atomic mass is 10.1. The molecule has 0 saturated heterocycles.